The van der Waals surface area contributed by atoms with Crippen LogP contribution in [0.3, 0.4) is 0 Å². The highest BCUT2D eigenvalue weighted by Crippen LogP contribution is 2.22. The van der Waals surface area contributed by atoms with Crippen molar-refractivity contribution < 1.29 is 13.2 Å². The Labute approximate surface area is 154 Å². The van der Waals surface area contributed by atoms with Gasteiger partial charge in [-0.05, 0) is 43.5 Å². The van der Waals surface area contributed by atoms with Gasteiger partial charge in [0.2, 0.25) is 15.9 Å². The van der Waals surface area contributed by atoms with Crippen LogP contribution >= 0.6 is 0 Å². The quantitative estimate of drug-likeness (QED) is 0.807. The molecule has 7 heteroatoms. The van der Waals surface area contributed by atoms with E-state index in [1.165, 1.54) is 4.31 Å². The van der Waals surface area contributed by atoms with Gasteiger partial charge in [0.15, 0.2) is 0 Å². The minimum Gasteiger partial charge on any atom is -0.474 e. The molecule has 1 aliphatic rings. The predicted octanol–water partition coefficient (Wildman–Crippen LogP) is 2.63. The second-order valence-electron chi connectivity index (χ2n) is 6.41. The van der Waals surface area contributed by atoms with E-state index in [2.05, 4.69) is 4.98 Å². The second kappa shape index (κ2) is 7.85. The molecular weight excluding hydrogens is 350 g/mol. The van der Waals surface area contributed by atoms with Crippen molar-refractivity contribution in [1.29, 1.82) is 5.26 Å². The Kier molecular flexibility index (Phi) is 5.55. The Balaban J connectivity index is 1.58. The van der Waals surface area contributed by atoms with Crippen LogP contribution in [0.25, 0.3) is 0 Å². The van der Waals surface area contributed by atoms with Crippen LogP contribution in [0.4, 0.5) is 0 Å². The lowest BCUT2D eigenvalue weighted by molar-refractivity contribution is 0.129. The topological polar surface area (TPSA) is 83.3 Å². The molecule has 0 atom stereocenters. The summed E-state index contributed by atoms with van der Waals surface area (Å²) in [6, 6.07) is 12.5. The Bertz CT molecular complexity index is 896. The zero-order valence-electron chi connectivity index (χ0n) is 14.6. The molecule has 0 N–H and O–H groups in total. The summed E-state index contributed by atoms with van der Waals surface area (Å²) in [5.74, 6) is 0.565. The maximum Gasteiger partial charge on any atom is 0.218 e. The van der Waals surface area contributed by atoms with Crippen LogP contribution in [0.2, 0.25) is 0 Å². The standard InChI is InChI=1S/C19H21N3O3S/c1-15-3-2-10-21-19(15)25-18-8-11-22(12-9-18)26(23,24)14-17-6-4-16(13-20)5-7-17/h2-7,10,18H,8-9,11-12,14H2,1H3. The predicted molar refractivity (Wildman–Crippen MR) is 98.0 cm³/mol. The van der Waals surface area contributed by atoms with Crippen molar-refractivity contribution in [3.8, 4) is 11.9 Å². The van der Waals surface area contributed by atoms with Crippen LogP contribution in [0.5, 0.6) is 5.88 Å². The lowest BCUT2D eigenvalue weighted by atomic mass is 10.1. The molecule has 1 saturated heterocycles. The fraction of sp³-hybridized carbons (Fsp3) is 0.368. The average Bonchev–Trinajstić information content (AvgIpc) is 2.64. The summed E-state index contributed by atoms with van der Waals surface area (Å²) >= 11 is 0. The maximum absolute atomic E-state index is 12.6. The molecule has 0 amide bonds. The molecule has 3 rings (SSSR count). The average molecular weight is 371 g/mol. The van der Waals surface area contributed by atoms with Crippen molar-refractivity contribution in [2.24, 2.45) is 0 Å². The summed E-state index contributed by atoms with van der Waals surface area (Å²) in [5, 5.41) is 8.82. The third-order valence-electron chi connectivity index (χ3n) is 4.47. The molecule has 2 aromatic rings. The third kappa shape index (κ3) is 4.40. The number of benzene rings is 1. The number of ether oxygens (including phenoxy) is 1. The number of aryl methyl sites for hydroxylation is 1. The molecule has 136 valence electrons. The number of nitrogens with zero attached hydrogens (tertiary/aromatic N) is 3. The molecule has 0 spiro atoms. The van der Waals surface area contributed by atoms with E-state index in [1.807, 2.05) is 25.1 Å². The van der Waals surface area contributed by atoms with Crippen LogP contribution in [0, 0.1) is 18.3 Å². The molecule has 0 unspecified atom stereocenters. The van der Waals surface area contributed by atoms with Crippen molar-refractivity contribution in [3.05, 3.63) is 59.3 Å². The summed E-state index contributed by atoms with van der Waals surface area (Å²) in [7, 11) is -3.38. The SMILES string of the molecule is Cc1cccnc1OC1CCN(S(=O)(=O)Cc2ccc(C#N)cc2)CC1. The maximum atomic E-state index is 12.6. The van der Waals surface area contributed by atoms with Gasteiger partial charge in [-0.1, -0.05) is 18.2 Å². The molecule has 0 radical (unpaired) electrons. The lowest BCUT2D eigenvalue weighted by Gasteiger charge is -2.31. The van der Waals surface area contributed by atoms with Crippen molar-refractivity contribution in [2.75, 3.05) is 13.1 Å². The zero-order chi connectivity index (χ0) is 18.6. The molecule has 1 aromatic carbocycles. The normalized spacial score (nSPS) is 16.2. The molecule has 6 nitrogen and oxygen atoms in total. The van der Waals surface area contributed by atoms with Crippen molar-refractivity contribution in [3.63, 3.8) is 0 Å². The van der Waals surface area contributed by atoms with Gasteiger partial charge in [-0.2, -0.15) is 5.26 Å². The van der Waals surface area contributed by atoms with Crippen LogP contribution < -0.4 is 4.74 Å². The number of aromatic nitrogens is 1. The zero-order valence-corrected chi connectivity index (χ0v) is 15.4. The van der Waals surface area contributed by atoms with Crippen LogP contribution in [-0.4, -0.2) is 36.9 Å². The van der Waals surface area contributed by atoms with E-state index in [-0.39, 0.29) is 11.9 Å². The molecule has 0 saturated carbocycles. The highest BCUT2D eigenvalue weighted by atomic mass is 32.2. The number of pyridine rings is 1. The van der Waals surface area contributed by atoms with Crippen LogP contribution in [0.15, 0.2) is 42.6 Å². The number of nitriles is 1. The highest BCUT2D eigenvalue weighted by molar-refractivity contribution is 7.88. The first kappa shape index (κ1) is 18.4. The van der Waals surface area contributed by atoms with E-state index >= 15 is 0 Å². The lowest BCUT2D eigenvalue weighted by Crippen LogP contribution is -2.42. The summed E-state index contributed by atoms with van der Waals surface area (Å²) in [4.78, 5) is 4.23. The van der Waals surface area contributed by atoms with Gasteiger partial charge in [-0.15, -0.1) is 0 Å². The molecule has 1 aliphatic heterocycles. The molecule has 26 heavy (non-hydrogen) atoms. The Morgan fingerprint density at radius 1 is 1.23 bits per heavy atom. The summed E-state index contributed by atoms with van der Waals surface area (Å²) < 4.78 is 32.7. The number of rotatable bonds is 5. The second-order valence-corrected chi connectivity index (χ2v) is 8.38. The Morgan fingerprint density at radius 3 is 2.54 bits per heavy atom. The first-order chi connectivity index (χ1) is 12.5. The van der Waals surface area contributed by atoms with E-state index in [1.54, 1.807) is 30.5 Å². The van der Waals surface area contributed by atoms with Gasteiger partial charge in [0, 0.05) is 24.8 Å². The van der Waals surface area contributed by atoms with Crippen molar-refractivity contribution in [2.45, 2.75) is 31.6 Å². The number of hydrogen-bond donors (Lipinski definition) is 0. The molecular formula is C19H21N3O3S. The van der Waals surface area contributed by atoms with Gasteiger partial charge in [0.25, 0.3) is 0 Å². The summed E-state index contributed by atoms with van der Waals surface area (Å²) in [6.07, 6.45) is 2.95. The first-order valence-corrected chi connectivity index (χ1v) is 10.1. The van der Waals surface area contributed by atoms with E-state index in [0.717, 1.165) is 5.56 Å². The molecule has 1 aromatic heterocycles. The van der Waals surface area contributed by atoms with Crippen molar-refractivity contribution in [1.82, 2.24) is 9.29 Å². The molecule has 2 heterocycles. The number of sulfonamides is 1. The van der Waals surface area contributed by atoms with Crippen molar-refractivity contribution >= 4 is 10.0 Å². The van der Waals surface area contributed by atoms with Gasteiger partial charge in [-0.3, -0.25) is 0 Å². The van der Waals surface area contributed by atoms with Gasteiger partial charge in [0.05, 0.1) is 17.4 Å². The van der Waals surface area contributed by atoms with Crippen LogP contribution in [-0.2, 0) is 15.8 Å². The smallest absolute Gasteiger partial charge is 0.218 e. The minimum atomic E-state index is -3.38. The monoisotopic (exact) mass is 371 g/mol. The minimum absolute atomic E-state index is 0.0232. The molecule has 0 bridgehead atoms. The molecule has 0 aliphatic carbocycles. The van der Waals surface area contributed by atoms with E-state index in [0.29, 0.717) is 42.9 Å². The van der Waals surface area contributed by atoms with E-state index < -0.39 is 10.0 Å². The fourth-order valence-electron chi connectivity index (χ4n) is 2.96. The highest BCUT2D eigenvalue weighted by Gasteiger charge is 2.29. The molecule has 1 fully saturated rings. The fourth-order valence-corrected chi connectivity index (χ4v) is 4.52. The summed E-state index contributed by atoms with van der Waals surface area (Å²) in [5.41, 5.74) is 2.18. The number of piperidine rings is 1. The summed E-state index contributed by atoms with van der Waals surface area (Å²) in [6.45, 7) is 2.82. The van der Waals surface area contributed by atoms with Gasteiger partial charge < -0.3 is 4.74 Å². The first-order valence-electron chi connectivity index (χ1n) is 8.53. The Morgan fingerprint density at radius 2 is 1.92 bits per heavy atom. The van der Waals surface area contributed by atoms with Gasteiger partial charge in [0.1, 0.15) is 6.10 Å². The van der Waals surface area contributed by atoms with Crippen LogP contribution in [0.1, 0.15) is 29.5 Å². The van der Waals surface area contributed by atoms with Gasteiger partial charge in [-0.25, -0.2) is 17.7 Å². The Hall–Kier alpha value is -2.43. The number of hydrogen-bond acceptors (Lipinski definition) is 5. The largest absolute Gasteiger partial charge is 0.474 e. The van der Waals surface area contributed by atoms with E-state index in [9.17, 15) is 8.42 Å². The van der Waals surface area contributed by atoms with E-state index in [4.69, 9.17) is 10.00 Å². The third-order valence-corrected chi connectivity index (χ3v) is 6.32. The van der Waals surface area contributed by atoms with Gasteiger partial charge >= 0.3 is 0 Å².